The third-order valence-corrected chi connectivity index (χ3v) is 4.07. The number of nitrogens with one attached hydrogen (secondary N) is 1. The fourth-order valence-electron chi connectivity index (χ4n) is 2.44. The van der Waals surface area contributed by atoms with Gasteiger partial charge >= 0.3 is 11.9 Å². The highest BCUT2D eigenvalue weighted by molar-refractivity contribution is 6.02. The quantitative estimate of drug-likeness (QED) is 0.646. The minimum atomic E-state index is -0.732. The molecule has 7 heteroatoms. The molecule has 1 atom stereocenters. The fourth-order valence-corrected chi connectivity index (χ4v) is 2.44. The molecule has 0 amide bonds. The van der Waals surface area contributed by atoms with Gasteiger partial charge in [-0.15, -0.1) is 0 Å². The van der Waals surface area contributed by atoms with Gasteiger partial charge in [0.15, 0.2) is 5.78 Å². The molecule has 1 aromatic carbocycles. The Balaban J connectivity index is 2.31. The Morgan fingerprint density at radius 3 is 2.64 bits per heavy atom. The number of carbonyl (C=O) groups excluding carboxylic acids is 3. The van der Waals surface area contributed by atoms with Gasteiger partial charge in [-0.25, -0.2) is 9.59 Å². The third kappa shape index (κ3) is 4.17. The van der Waals surface area contributed by atoms with Crippen LogP contribution in [0.2, 0.25) is 0 Å². The number of Topliss-reactive ketones (excluding diaryl/α,β-unsaturated/α-hetero) is 1. The molecule has 0 radical (unpaired) electrons. The zero-order valence-electron chi connectivity index (χ0n) is 14.7. The number of rotatable bonds is 5. The number of ether oxygens (including phenoxy) is 3. The molecule has 0 aliphatic carbocycles. The van der Waals surface area contributed by atoms with Crippen LogP contribution in [0.3, 0.4) is 0 Å². The second-order valence-electron chi connectivity index (χ2n) is 5.91. The van der Waals surface area contributed by atoms with E-state index in [1.54, 1.807) is 18.2 Å². The van der Waals surface area contributed by atoms with Crippen LogP contribution in [0, 0.1) is 0 Å². The molecule has 0 fully saturated rings. The van der Waals surface area contributed by atoms with Crippen LogP contribution in [0.4, 0.5) is 5.69 Å². The molecule has 0 spiro atoms. The summed E-state index contributed by atoms with van der Waals surface area (Å²) in [4.78, 5) is 35.6. The Kier molecular flexibility index (Phi) is 5.46. The molecule has 0 saturated heterocycles. The lowest BCUT2D eigenvalue weighted by molar-refractivity contribution is -0.138. The molecule has 25 heavy (non-hydrogen) atoms. The molecule has 1 unspecified atom stereocenters. The van der Waals surface area contributed by atoms with E-state index in [4.69, 9.17) is 4.74 Å². The lowest BCUT2D eigenvalue weighted by Gasteiger charge is -2.34. The molecule has 1 aromatic rings. The van der Waals surface area contributed by atoms with Crippen LogP contribution in [-0.4, -0.2) is 37.5 Å². The topological polar surface area (TPSA) is 90.9 Å². The van der Waals surface area contributed by atoms with Gasteiger partial charge < -0.3 is 19.5 Å². The van der Waals surface area contributed by atoms with Crippen LogP contribution in [-0.2, 0) is 19.1 Å². The fraction of sp³-hybridized carbons (Fsp3) is 0.389. The maximum absolute atomic E-state index is 12.4. The van der Waals surface area contributed by atoms with Gasteiger partial charge in [-0.2, -0.15) is 0 Å². The molecule has 1 heterocycles. The summed E-state index contributed by atoms with van der Waals surface area (Å²) < 4.78 is 15.1. The van der Waals surface area contributed by atoms with Gasteiger partial charge in [0.25, 0.3) is 0 Å². The van der Waals surface area contributed by atoms with Crippen LogP contribution in [0.5, 0.6) is 5.75 Å². The molecule has 0 bridgehead atoms. The van der Waals surface area contributed by atoms with E-state index in [1.165, 1.54) is 14.2 Å². The van der Waals surface area contributed by atoms with Crippen molar-refractivity contribution in [2.24, 2.45) is 0 Å². The summed E-state index contributed by atoms with van der Waals surface area (Å²) in [5.74, 6) is -0.971. The zero-order chi connectivity index (χ0) is 18.6. The van der Waals surface area contributed by atoms with Crippen LogP contribution in [0.25, 0.3) is 0 Å². The number of ketones is 1. The summed E-state index contributed by atoms with van der Waals surface area (Å²) in [6.45, 7) is 3.86. The van der Waals surface area contributed by atoms with Crippen molar-refractivity contribution in [3.05, 3.63) is 35.5 Å². The van der Waals surface area contributed by atoms with E-state index in [1.807, 2.05) is 13.8 Å². The maximum atomic E-state index is 12.4. The predicted octanol–water partition coefficient (Wildman–Crippen LogP) is 2.46. The normalized spacial score (nSPS) is 19.5. The highest BCUT2D eigenvalue weighted by Gasteiger charge is 2.35. The van der Waals surface area contributed by atoms with Gasteiger partial charge in [-0.3, -0.25) is 4.79 Å². The molecule has 0 aromatic heterocycles. The van der Waals surface area contributed by atoms with E-state index >= 15 is 0 Å². The first-order chi connectivity index (χ1) is 11.8. The first kappa shape index (κ1) is 18.5. The van der Waals surface area contributed by atoms with E-state index in [0.717, 1.165) is 6.08 Å². The number of methoxy groups -OCH3 is 2. The lowest BCUT2D eigenvalue weighted by Crippen LogP contribution is -2.38. The van der Waals surface area contributed by atoms with Crippen molar-refractivity contribution in [2.75, 3.05) is 19.5 Å². The van der Waals surface area contributed by atoms with Crippen LogP contribution >= 0.6 is 0 Å². The maximum Gasteiger partial charge on any atom is 0.354 e. The smallest absolute Gasteiger partial charge is 0.354 e. The molecular weight excluding hydrogens is 326 g/mol. The van der Waals surface area contributed by atoms with Crippen molar-refractivity contribution in [1.29, 1.82) is 0 Å². The molecule has 0 saturated carbocycles. The largest absolute Gasteiger partial charge is 0.486 e. The standard InChI is InChI=1S/C18H21NO6/c1-5-18(2)10-14(20)12-8-11(6-7-15(12)25-18)19-13(17(22)24-4)9-16(21)23-3/h6-9,19H,5,10H2,1-4H3/b13-9+. The van der Waals surface area contributed by atoms with Crippen molar-refractivity contribution in [3.63, 3.8) is 0 Å². The van der Waals surface area contributed by atoms with Crippen LogP contribution in [0.15, 0.2) is 30.0 Å². The van der Waals surface area contributed by atoms with Gasteiger partial charge in [0.1, 0.15) is 17.0 Å². The van der Waals surface area contributed by atoms with E-state index in [9.17, 15) is 14.4 Å². The Morgan fingerprint density at radius 2 is 2.04 bits per heavy atom. The number of hydrogen-bond donors (Lipinski definition) is 1. The molecule has 1 aliphatic heterocycles. The average Bonchev–Trinajstić information content (AvgIpc) is 2.60. The first-order valence-electron chi connectivity index (χ1n) is 7.83. The number of hydrogen-bond acceptors (Lipinski definition) is 7. The van der Waals surface area contributed by atoms with Crippen LogP contribution < -0.4 is 10.1 Å². The minimum absolute atomic E-state index is 0.0363. The van der Waals surface area contributed by atoms with E-state index in [2.05, 4.69) is 14.8 Å². The first-order valence-corrected chi connectivity index (χ1v) is 7.83. The van der Waals surface area contributed by atoms with Crippen molar-refractivity contribution >= 4 is 23.4 Å². The Labute approximate surface area is 145 Å². The zero-order valence-corrected chi connectivity index (χ0v) is 14.7. The van der Waals surface area contributed by atoms with Gasteiger partial charge in [-0.05, 0) is 31.5 Å². The van der Waals surface area contributed by atoms with E-state index < -0.39 is 17.5 Å². The molecule has 134 valence electrons. The average molecular weight is 347 g/mol. The molecule has 1 N–H and O–H groups in total. The van der Waals surface area contributed by atoms with Crippen molar-refractivity contribution in [1.82, 2.24) is 0 Å². The van der Waals surface area contributed by atoms with E-state index in [-0.39, 0.29) is 17.9 Å². The molecule has 1 aliphatic rings. The van der Waals surface area contributed by atoms with Gasteiger partial charge in [0, 0.05) is 5.69 Å². The molecule has 7 nitrogen and oxygen atoms in total. The Bertz CT molecular complexity index is 739. The van der Waals surface area contributed by atoms with Crippen molar-refractivity contribution in [2.45, 2.75) is 32.3 Å². The van der Waals surface area contributed by atoms with Gasteiger partial charge in [0.2, 0.25) is 0 Å². The Hall–Kier alpha value is -2.83. The molecule has 2 rings (SSSR count). The number of fused-ring (bicyclic) bond motifs is 1. The number of benzene rings is 1. The highest BCUT2D eigenvalue weighted by atomic mass is 16.5. The second-order valence-corrected chi connectivity index (χ2v) is 5.91. The SMILES string of the molecule is CCC1(C)CC(=O)c2cc(N/C(=C/C(=O)OC)C(=O)OC)ccc2O1. The van der Waals surface area contributed by atoms with Crippen molar-refractivity contribution in [3.8, 4) is 5.75 Å². The minimum Gasteiger partial charge on any atom is -0.486 e. The number of carbonyl (C=O) groups is 3. The summed E-state index contributed by atoms with van der Waals surface area (Å²) in [5, 5.41) is 2.78. The summed E-state index contributed by atoms with van der Waals surface area (Å²) in [6.07, 6.45) is 1.98. The number of esters is 2. The van der Waals surface area contributed by atoms with E-state index in [0.29, 0.717) is 23.4 Å². The summed E-state index contributed by atoms with van der Waals surface area (Å²) in [7, 11) is 2.40. The monoisotopic (exact) mass is 347 g/mol. The third-order valence-electron chi connectivity index (χ3n) is 4.07. The Morgan fingerprint density at radius 1 is 1.32 bits per heavy atom. The van der Waals surface area contributed by atoms with Gasteiger partial charge in [-0.1, -0.05) is 6.92 Å². The summed E-state index contributed by atoms with van der Waals surface area (Å²) in [5.41, 5.74) is 0.271. The molecular formula is C18H21NO6. The van der Waals surface area contributed by atoms with Gasteiger partial charge in [0.05, 0.1) is 32.3 Å². The lowest BCUT2D eigenvalue weighted by atomic mass is 9.89. The van der Waals surface area contributed by atoms with Crippen LogP contribution in [0.1, 0.15) is 37.0 Å². The van der Waals surface area contributed by atoms with Crippen molar-refractivity contribution < 1.29 is 28.6 Å². The second kappa shape index (κ2) is 7.38. The highest BCUT2D eigenvalue weighted by Crippen LogP contribution is 2.36. The number of anilines is 1. The predicted molar refractivity (Wildman–Crippen MR) is 90.5 cm³/mol. The summed E-state index contributed by atoms with van der Waals surface area (Å²) in [6, 6.07) is 4.90. The summed E-state index contributed by atoms with van der Waals surface area (Å²) >= 11 is 0.